The summed E-state index contributed by atoms with van der Waals surface area (Å²) in [6, 6.07) is 4.74. The van der Waals surface area contributed by atoms with Crippen LogP contribution in [0.1, 0.15) is 25.8 Å². The second-order valence-electron chi connectivity index (χ2n) is 6.48. The van der Waals surface area contributed by atoms with Gasteiger partial charge in [-0.05, 0) is 50.6 Å². The Labute approximate surface area is 159 Å². The van der Waals surface area contributed by atoms with Gasteiger partial charge in [-0.2, -0.15) is 8.78 Å². The molecule has 1 saturated heterocycles. The molecule has 152 valence electrons. The highest BCUT2D eigenvalue weighted by Gasteiger charge is 2.21. The van der Waals surface area contributed by atoms with Crippen LogP contribution >= 0.6 is 0 Å². The van der Waals surface area contributed by atoms with Gasteiger partial charge in [-0.3, -0.25) is 0 Å². The van der Waals surface area contributed by atoms with Crippen molar-refractivity contribution in [3.63, 3.8) is 0 Å². The van der Waals surface area contributed by atoms with Crippen molar-refractivity contribution >= 4 is 5.96 Å². The minimum atomic E-state index is -2.88. The molecule has 0 aliphatic carbocycles. The number of guanidine groups is 1. The minimum absolute atomic E-state index is 0.111. The van der Waals surface area contributed by atoms with E-state index in [0.29, 0.717) is 23.2 Å². The summed E-state index contributed by atoms with van der Waals surface area (Å²) in [6.45, 7) is 6.35. The van der Waals surface area contributed by atoms with E-state index in [1.54, 1.807) is 12.1 Å². The lowest BCUT2D eigenvalue weighted by Crippen LogP contribution is -2.40. The minimum Gasteiger partial charge on any atom is -0.497 e. The number of alkyl halides is 2. The number of methoxy groups -OCH3 is 1. The summed E-state index contributed by atoms with van der Waals surface area (Å²) in [5.74, 6) is 1.94. The van der Waals surface area contributed by atoms with Crippen LogP contribution in [0.4, 0.5) is 8.78 Å². The first kappa shape index (κ1) is 21.2. The van der Waals surface area contributed by atoms with E-state index in [2.05, 4.69) is 32.2 Å². The fraction of sp³-hybridized carbons (Fsp3) is 0.632. The number of nitrogens with zero attached hydrogens (tertiary/aromatic N) is 2. The van der Waals surface area contributed by atoms with Gasteiger partial charge in [-0.25, -0.2) is 4.99 Å². The molecule has 0 radical (unpaired) electrons. The van der Waals surface area contributed by atoms with Gasteiger partial charge in [-0.1, -0.05) is 6.92 Å². The standard InChI is InChI=1S/C19H30F2N4O2/c1-4-22-19(23-11-14-8-9-25(5-2)13-14)24-12-15-10-16(26-3)6-7-17(15)27-18(20)21/h6-7,10,14,18H,4-5,8-9,11-13H2,1-3H3,(H2,22,23,24). The van der Waals surface area contributed by atoms with Crippen molar-refractivity contribution in [1.29, 1.82) is 0 Å². The Hall–Kier alpha value is -2.09. The lowest BCUT2D eigenvalue weighted by molar-refractivity contribution is -0.0504. The van der Waals surface area contributed by atoms with Crippen molar-refractivity contribution in [2.75, 3.05) is 39.8 Å². The summed E-state index contributed by atoms with van der Waals surface area (Å²) in [4.78, 5) is 6.96. The van der Waals surface area contributed by atoms with Gasteiger partial charge in [0, 0.05) is 25.2 Å². The number of likely N-dealkylation sites (tertiary alicyclic amines) is 1. The molecule has 6 nitrogen and oxygen atoms in total. The predicted molar refractivity (Wildman–Crippen MR) is 103 cm³/mol. The first-order valence-electron chi connectivity index (χ1n) is 9.41. The van der Waals surface area contributed by atoms with Crippen LogP contribution in [0.25, 0.3) is 0 Å². The lowest BCUT2D eigenvalue weighted by atomic mass is 10.1. The van der Waals surface area contributed by atoms with Gasteiger partial charge < -0.3 is 25.0 Å². The Bertz CT molecular complexity index is 613. The van der Waals surface area contributed by atoms with Gasteiger partial charge >= 0.3 is 6.61 Å². The third-order valence-corrected chi connectivity index (χ3v) is 4.61. The van der Waals surface area contributed by atoms with Gasteiger partial charge in [-0.15, -0.1) is 0 Å². The maximum Gasteiger partial charge on any atom is 0.387 e. The molecule has 8 heteroatoms. The number of nitrogens with one attached hydrogen (secondary N) is 2. The average Bonchev–Trinajstić information content (AvgIpc) is 3.12. The van der Waals surface area contributed by atoms with Crippen molar-refractivity contribution in [3.8, 4) is 11.5 Å². The zero-order chi connectivity index (χ0) is 19.6. The molecule has 1 fully saturated rings. The highest BCUT2D eigenvalue weighted by Crippen LogP contribution is 2.26. The Morgan fingerprint density at radius 2 is 2.15 bits per heavy atom. The number of halogens is 2. The topological polar surface area (TPSA) is 58.1 Å². The average molecular weight is 384 g/mol. The molecule has 0 bridgehead atoms. The van der Waals surface area contributed by atoms with Crippen LogP contribution in [0.5, 0.6) is 11.5 Å². The Morgan fingerprint density at radius 1 is 1.33 bits per heavy atom. The summed E-state index contributed by atoms with van der Waals surface area (Å²) in [6.07, 6.45) is 1.17. The van der Waals surface area contributed by atoms with E-state index >= 15 is 0 Å². The fourth-order valence-corrected chi connectivity index (χ4v) is 3.13. The fourth-order valence-electron chi connectivity index (χ4n) is 3.13. The molecule has 0 aromatic heterocycles. The molecule has 1 aromatic rings. The van der Waals surface area contributed by atoms with E-state index in [9.17, 15) is 8.78 Å². The molecule has 2 N–H and O–H groups in total. The molecule has 1 aliphatic heterocycles. The maximum atomic E-state index is 12.6. The van der Waals surface area contributed by atoms with E-state index in [0.717, 1.165) is 32.7 Å². The molecule has 0 saturated carbocycles. The zero-order valence-corrected chi connectivity index (χ0v) is 16.3. The molecule has 1 atom stereocenters. The van der Waals surface area contributed by atoms with Gasteiger partial charge in [0.1, 0.15) is 11.5 Å². The monoisotopic (exact) mass is 384 g/mol. The smallest absolute Gasteiger partial charge is 0.387 e. The van der Waals surface area contributed by atoms with E-state index in [4.69, 9.17) is 4.74 Å². The van der Waals surface area contributed by atoms with Crippen molar-refractivity contribution in [2.24, 2.45) is 10.9 Å². The normalized spacial score (nSPS) is 18.0. The summed E-state index contributed by atoms with van der Waals surface area (Å²) >= 11 is 0. The van der Waals surface area contributed by atoms with Crippen molar-refractivity contribution in [2.45, 2.75) is 33.4 Å². The number of rotatable bonds is 9. The van der Waals surface area contributed by atoms with Crippen LogP contribution in [0.3, 0.4) is 0 Å². The second kappa shape index (κ2) is 10.9. The highest BCUT2D eigenvalue weighted by molar-refractivity contribution is 5.79. The third-order valence-electron chi connectivity index (χ3n) is 4.61. The molecule has 1 unspecified atom stereocenters. The van der Waals surface area contributed by atoms with Crippen LogP contribution in [-0.2, 0) is 6.54 Å². The predicted octanol–water partition coefficient (Wildman–Crippen LogP) is 2.69. The molecule has 0 amide bonds. The van der Waals surface area contributed by atoms with Crippen LogP contribution in [0.15, 0.2) is 23.2 Å². The molecule has 1 aromatic carbocycles. The van der Waals surface area contributed by atoms with Gasteiger partial charge in [0.25, 0.3) is 0 Å². The number of hydrogen-bond acceptors (Lipinski definition) is 4. The highest BCUT2D eigenvalue weighted by atomic mass is 19.3. The first-order valence-corrected chi connectivity index (χ1v) is 9.41. The van der Waals surface area contributed by atoms with Gasteiger partial charge in [0.15, 0.2) is 5.96 Å². The SMILES string of the molecule is CCNC(=NCc1cc(OC)ccc1OC(F)F)NCC1CCN(CC)C1. The Kier molecular flexibility index (Phi) is 8.57. The van der Waals surface area contributed by atoms with Gasteiger partial charge in [0.05, 0.1) is 13.7 Å². The van der Waals surface area contributed by atoms with Gasteiger partial charge in [0.2, 0.25) is 0 Å². The quantitative estimate of drug-likeness (QED) is 0.506. The Morgan fingerprint density at radius 3 is 2.78 bits per heavy atom. The first-order chi connectivity index (χ1) is 13.0. The summed E-state index contributed by atoms with van der Waals surface area (Å²) < 4.78 is 35.1. The summed E-state index contributed by atoms with van der Waals surface area (Å²) in [7, 11) is 1.53. The molecule has 0 spiro atoms. The number of benzene rings is 1. The largest absolute Gasteiger partial charge is 0.497 e. The zero-order valence-electron chi connectivity index (χ0n) is 16.3. The Balaban J connectivity index is 2.02. The van der Waals surface area contributed by atoms with E-state index in [1.165, 1.54) is 19.6 Å². The van der Waals surface area contributed by atoms with E-state index < -0.39 is 6.61 Å². The van der Waals surface area contributed by atoms with E-state index in [-0.39, 0.29) is 12.3 Å². The van der Waals surface area contributed by atoms with Crippen LogP contribution in [0, 0.1) is 5.92 Å². The second-order valence-corrected chi connectivity index (χ2v) is 6.48. The van der Waals surface area contributed by atoms with Crippen LogP contribution in [-0.4, -0.2) is 57.3 Å². The number of ether oxygens (including phenoxy) is 2. The molecule has 2 rings (SSSR count). The van der Waals surface area contributed by atoms with Crippen molar-refractivity contribution < 1.29 is 18.3 Å². The number of hydrogen-bond donors (Lipinski definition) is 2. The van der Waals surface area contributed by atoms with E-state index in [1.807, 2.05) is 6.92 Å². The molecule has 1 aliphatic rings. The van der Waals surface area contributed by atoms with Crippen LogP contribution < -0.4 is 20.1 Å². The lowest BCUT2D eigenvalue weighted by Gasteiger charge is -2.16. The van der Waals surface area contributed by atoms with Crippen LogP contribution in [0.2, 0.25) is 0 Å². The maximum absolute atomic E-state index is 12.6. The van der Waals surface area contributed by atoms with Crippen molar-refractivity contribution in [3.05, 3.63) is 23.8 Å². The molecule has 27 heavy (non-hydrogen) atoms. The third kappa shape index (κ3) is 6.86. The van der Waals surface area contributed by atoms with Crippen molar-refractivity contribution in [1.82, 2.24) is 15.5 Å². The number of aliphatic imine (C=N–C) groups is 1. The molecule has 1 heterocycles. The summed E-state index contributed by atoms with van der Waals surface area (Å²) in [5, 5.41) is 6.55. The summed E-state index contributed by atoms with van der Waals surface area (Å²) in [5.41, 5.74) is 0.546. The molecular weight excluding hydrogens is 354 g/mol. The molecular formula is C19H30F2N4O2.